The molecule has 1 aromatic heterocycles. The Morgan fingerprint density at radius 1 is 1.73 bits per heavy atom. The lowest BCUT2D eigenvalue weighted by molar-refractivity contribution is 0.183. The average Bonchev–Trinajstić information content (AvgIpc) is 2.87. The average molecular weight is 227 g/mol. The molecular weight excluding hydrogens is 210 g/mol. The van der Waals surface area contributed by atoms with E-state index in [1.54, 1.807) is 7.11 Å². The van der Waals surface area contributed by atoms with Gasteiger partial charge in [-0.2, -0.15) is 16.9 Å². The maximum Gasteiger partial charge on any atom is 0.148 e. The third-order valence-corrected chi connectivity index (χ3v) is 3.61. The number of anilines is 1. The van der Waals surface area contributed by atoms with Crippen molar-refractivity contribution in [1.29, 1.82) is 0 Å². The fourth-order valence-corrected chi connectivity index (χ4v) is 2.76. The van der Waals surface area contributed by atoms with Crippen molar-refractivity contribution < 1.29 is 4.74 Å². The Labute approximate surface area is 94.4 Å². The molecule has 0 amide bonds. The summed E-state index contributed by atoms with van der Waals surface area (Å²) in [6.45, 7) is 1.53. The molecule has 84 valence electrons. The Kier molecular flexibility index (Phi) is 3.91. The van der Waals surface area contributed by atoms with Crippen LogP contribution in [0.2, 0.25) is 0 Å². The predicted octanol–water partition coefficient (Wildman–Crippen LogP) is 1.45. The number of thioether (sulfide) groups is 1. The van der Waals surface area contributed by atoms with Crippen molar-refractivity contribution in [2.75, 3.05) is 30.5 Å². The second kappa shape index (κ2) is 5.42. The maximum atomic E-state index is 5.00. The SMILES string of the molecule is COCCn1ccc(NC2CCSC2)n1. The highest BCUT2D eigenvalue weighted by atomic mass is 32.2. The maximum absolute atomic E-state index is 5.00. The third-order valence-electron chi connectivity index (χ3n) is 2.45. The molecule has 1 aromatic rings. The molecule has 1 saturated heterocycles. The normalized spacial score (nSPS) is 20.7. The minimum absolute atomic E-state index is 0.598. The van der Waals surface area contributed by atoms with Crippen LogP contribution >= 0.6 is 11.8 Å². The van der Waals surface area contributed by atoms with Gasteiger partial charge in [-0.3, -0.25) is 4.68 Å². The minimum atomic E-state index is 0.598. The number of hydrogen-bond acceptors (Lipinski definition) is 4. The van der Waals surface area contributed by atoms with Gasteiger partial charge in [0.25, 0.3) is 0 Å². The monoisotopic (exact) mass is 227 g/mol. The lowest BCUT2D eigenvalue weighted by Crippen LogP contribution is -2.18. The molecule has 0 aromatic carbocycles. The van der Waals surface area contributed by atoms with Gasteiger partial charge in [0.15, 0.2) is 0 Å². The molecule has 0 aliphatic carbocycles. The number of hydrogen-bond donors (Lipinski definition) is 1. The molecule has 15 heavy (non-hydrogen) atoms. The van der Waals surface area contributed by atoms with Crippen molar-refractivity contribution in [1.82, 2.24) is 9.78 Å². The molecule has 0 radical (unpaired) electrons. The lowest BCUT2D eigenvalue weighted by atomic mass is 10.3. The number of nitrogens with zero attached hydrogens (tertiary/aromatic N) is 2. The number of aromatic nitrogens is 2. The van der Waals surface area contributed by atoms with Gasteiger partial charge in [0.05, 0.1) is 13.2 Å². The molecule has 1 N–H and O–H groups in total. The van der Waals surface area contributed by atoms with E-state index < -0.39 is 0 Å². The summed E-state index contributed by atoms with van der Waals surface area (Å²) in [6.07, 6.45) is 3.24. The molecule has 4 nitrogen and oxygen atoms in total. The number of rotatable bonds is 5. The van der Waals surface area contributed by atoms with Crippen molar-refractivity contribution in [3.63, 3.8) is 0 Å². The molecule has 5 heteroatoms. The lowest BCUT2D eigenvalue weighted by Gasteiger charge is -2.09. The zero-order valence-corrected chi connectivity index (χ0v) is 9.80. The summed E-state index contributed by atoms with van der Waals surface area (Å²) in [5.41, 5.74) is 0. The highest BCUT2D eigenvalue weighted by Crippen LogP contribution is 2.20. The minimum Gasteiger partial charge on any atom is -0.383 e. The smallest absolute Gasteiger partial charge is 0.148 e. The molecule has 1 fully saturated rings. The summed E-state index contributed by atoms with van der Waals surface area (Å²) < 4.78 is 6.91. The second-order valence-electron chi connectivity index (χ2n) is 3.66. The highest BCUT2D eigenvalue weighted by molar-refractivity contribution is 7.99. The fourth-order valence-electron chi connectivity index (χ4n) is 1.61. The second-order valence-corrected chi connectivity index (χ2v) is 4.81. The first-order valence-electron chi connectivity index (χ1n) is 5.25. The van der Waals surface area contributed by atoms with Gasteiger partial charge in [-0.05, 0) is 12.2 Å². The van der Waals surface area contributed by atoms with Crippen molar-refractivity contribution in [2.24, 2.45) is 0 Å². The summed E-state index contributed by atoms with van der Waals surface area (Å²) in [5.74, 6) is 3.45. The first kappa shape index (κ1) is 10.8. The molecule has 1 unspecified atom stereocenters. The van der Waals surface area contributed by atoms with Gasteiger partial charge in [0, 0.05) is 31.2 Å². The molecule has 1 atom stereocenters. The molecule has 0 saturated carbocycles. The van der Waals surface area contributed by atoms with Crippen LogP contribution in [-0.2, 0) is 11.3 Å². The van der Waals surface area contributed by atoms with Gasteiger partial charge in [-0.25, -0.2) is 0 Å². The van der Waals surface area contributed by atoms with Crippen LogP contribution in [0.15, 0.2) is 12.3 Å². The van der Waals surface area contributed by atoms with E-state index >= 15 is 0 Å². The van der Waals surface area contributed by atoms with Crippen molar-refractivity contribution in [2.45, 2.75) is 19.0 Å². The molecule has 2 rings (SSSR count). The fraction of sp³-hybridized carbons (Fsp3) is 0.700. The molecule has 0 spiro atoms. The van der Waals surface area contributed by atoms with Crippen LogP contribution < -0.4 is 5.32 Å². The summed E-state index contributed by atoms with van der Waals surface area (Å²) >= 11 is 2.01. The van der Waals surface area contributed by atoms with Gasteiger partial charge >= 0.3 is 0 Å². The van der Waals surface area contributed by atoms with Gasteiger partial charge < -0.3 is 10.1 Å². The van der Waals surface area contributed by atoms with Crippen molar-refractivity contribution >= 4 is 17.6 Å². The van der Waals surface area contributed by atoms with Gasteiger partial charge in [-0.1, -0.05) is 0 Å². The van der Waals surface area contributed by atoms with Crippen LogP contribution in [0.5, 0.6) is 0 Å². The first-order chi connectivity index (χ1) is 7.38. The Hall–Kier alpha value is -0.680. The van der Waals surface area contributed by atoms with E-state index in [2.05, 4.69) is 10.4 Å². The van der Waals surface area contributed by atoms with E-state index in [-0.39, 0.29) is 0 Å². The highest BCUT2D eigenvalue weighted by Gasteiger charge is 2.15. The van der Waals surface area contributed by atoms with Gasteiger partial charge in [0.1, 0.15) is 5.82 Å². The Morgan fingerprint density at radius 2 is 2.67 bits per heavy atom. The van der Waals surface area contributed by atoms with Gasteiger partial charge in [-0.15, -0.1) is 0 Å². The van der Waals surface area contributed by atoms with Crippen LogP contribution in [-0.4, -0.2) is 41.0 Å². The zero-order valence-electron chi connectivity index (χ0n) is 8.98. The van der Waals surface area contributed by atoms with E-state index in [1.807, 2.05) is 28.7 Å². The third kappa shape index (κ3) is 3.14. The zero-order chi connectivity index (χ0) is 10.5. The standard InChI is InChI=1S/C10H17N3OS/c1-14-6-5-13-4-2-10(12-13)11-9-3-7-15-8-9/h2,4,9H,3,5-8H2,1H3,(H,11,12). The van der Waals surface area contributed by atoms with Crippen molar-refractivity contribution in [3.05, 3.63) is 12.3 Å². The van der Waals surface area contributed by atoms with Crippen LogP contribution in [0.25, 0.3) is 0 Å². The van der Waals surface area contributed by atoms with Crippen LogP contribution in [0.1, 0.15) is 6.42 Å². The summed E-state index contributed by atoms with van der Waals surface area (Å²) in [4.78, 5) is 0. The number of ether oxygens (including phenoxy) is 1. The van der Waals surface area contributed by atoms with E-state index in [9.17, 15) is 0 Å². The predicted molar refractivity (Wildman–Crippen MR) is 63.5 cm³/mol. The number of methoxy groups -OCH3 is 1. The van der Waals surface area contributed by atoms with E-state index in [1.165, 1.54) is 17.9 Å². The van der Waals surface area contributed by atoms with Crippen LogP contribution in [0.3, 0.4) is 0 Å². The topological polar surface area (TPSA) is 39.1 Å². The van der Waals surface area contributed by atoms with E-state index in [4.69, 9.17) is 4.74 Å². The van der Waals surface area contributed by atoms with E-state index in [0.717, 1.165) is 12.4 Å². The largest absolute Gasteiger partial charge is 0.383 e. The molecule has 1 aliphatic rings. The molecule has 2 heterocycles. The molecule has 1 aliphatic heterocycles. The molecule has 0 bridgehead atoms. The summed E-state index contributed by atoms with van der Waals surface area (Å²) in [6, 6.07) is 2.62. The number of nitrogens with one attached hydrogen (secondary N) is 1. The summed E-state index contributed by atoms with van der Waals surface area (Å²) in [7, 11) is 1.71. The Balaban J connectivity index is 1.83. The van der Waals surface area contributed by atoms with Crippen LogP contribution in [0, 0.1) is 0 Å². The van der Waals surface area contributed by atoms with Gasteiger partial charge in [0.2, 0.25) is 0 Å². The Morgan fingerprint density at radius 3 is 3.40 bits per heavy atom. The Bertz CT molecular complexity index is 297. The molecular formula is C10H17N3OS. The van der Waals surface area contributed by atoms with E-state index in [0.29, 0.717) is 12.6 Å². The summed E-state index contributed by atoms with van der Waals surface area (Å²) in [5, 5.41) is 7.87. The first-order valence-corrected chi connectivity index (χ1v) is 6.40. The quantitative estimate of drug-likeness (QED) is 0.826. The van der Waals surface area contributed by atoms with Crippen molar-refractivity contribution in [3.8, 4) is 0 Å². The van der Waals surface area contributed by atoms with Crippen LogP contribution in [0.4, 0.5) is 5.82 Å².